The van der Waals surface area contributed by atoms with E-state index in [1.807, 2.05) is 13.0 Å². The summed E-state index contributed by atoms with van der Waals surface area (Å²) < 4.78 is 13.2. The topological polar surface area (TPSA) is 43.8 Å². The first-order chi connectivity index (χ1) is 11.5. The van der Waals surface area contributed by atoms with Crippen LogP contribution in [0.2, 0.25) is 0 Å². The lowest BCUT2D eigenvalue weighted by molar-refractivity contribution is -0.139. The minimum absolute atomic E-state index is 0.135. The normalized spacial score (nSPS) is 18.0. The van der Waals surface area contributed by atoms with Gasteiger partial charge in [0.15, 0.2) is 0 Å². The van der Waals surface area contributed by atoms with Gasteiger partial charge in [0.05, 0.1) is 6.54 Å². The minimum atomic E-state index is -0.747. The molecular formula is C19H29FN2O2. The number of rotatable bonds is 8. The van der Waals surface area contributed by atoms with Gasteiger partial charge in [-0.3, -0.25) is 9.69 Å². The van der Waals surface area contributed by atoms with Gasteiger partial charge in [0.1, 0.15) is 5.82 Å². The number of halogens is 1. The Morgan fingerprint density at radius 1 is 1.42 bits per heavy atom. The van der Waals surface area contributed by atoms with E-state index in [1.165, 1.54) is 6.07 Å². The van der Waals surface area contributed by atoms with Gasteiger partial charge in [-0.15, -0.1) is 0 Å². The zero-order valence-electron chi connectivity index (χ0n) is 14.7. The van der Waals surface area contributed by atoms with Crippen LogP contribution in [0, 0.1) is 5.82 Å². The molecular weight excluding hydrogens is 307 g/mol. The third kappa shape index (κ3) is 5.56. The van der Waals surface area contributed by atoms with Gasteiger partial charge in [0.2, 0.25) is 0 Å². The van der Waals surface area contributed by atoms with Gasteiger partial charge in [0, 0.05) is 12.1 Å². The van der Waals surface area contributed by atoms with Crippen LogP contribution in [0.4, 0.5) is 4.39 Å². The number of carboxylic acids is 1. The van der Waals surface area contributed by atoms with E-state index in [9.17, 15) is 9.18 Å². The van der Waals surface area contributed by atoms with E-state index >= 15 is 0 Å². The number of aryl methyl sites for hydroxylation is 1. The van der Waals surface area contributed by atoms with Gasteiger partial charge in [-0.25, -0.2) is 4.39 Å². The monoisotopic (exact) mass is 336 g/mol. The van der Waals surface area contributed by atoms with Crippen molar-refractivity contribution in [2.45, 2.75) is 51.6 Å². The maximum absolute atomic E-state index is 13.2. The van der Waals surface area contributed by atoms with Crippen molar-refractivity contribution in [3.05, 3.63) is 35.6 Å². The molecule has 1 aliphatic heterocycles. The number of hydrogen-bond donors (Lipinski definition) is 1. The number of piperidine rings is 1. The van der Waals surface area contributed by atoms with Crippen LogP contribution in [-0.4, -0.2) is 59.1 Å². The molecule has 0 amide bonds. The summed E-state index contributed by atoms with van der Waals surface area (Å²) in [5.74, 6) is -0.915. The summed E-state index contributed by atoms with van der Waals surface area (Å²) in [4.78, 5) is 15.5. The third-order valence-corrected chi connectivity index (χ3v) is 5.12. The highest BCUT2D eigenvalue weighted by molar-refractivity contribution is 5.69. The second-order valence-electron chi connectivity index (χ2n) is 6.74. The first-order valence-electron chi connectivity index (χ1n) is 8.94. The lowest BCUT2D eigenvalue weighted by Gasteiger charge is -2.40. The fraction of sp³-hybridized carbons (Fsp3) is 0.632. The van der Waals surface area contributed by atoms with E-state index in [4.69, 9.17) is 5.11 Å². The lowest BCUT2D eigenvalue weighted by Crippen LogP contribution is -2.48. The third-order valence-electron chi connectivity index (χ3n) is 5.12. The number of aliphatic carboxylic acids is 1. The molecule has 0 spiro atoms. The van der Waals surface area contributed by atoms with Gasteiger partial charge >= 0.3 is 5.97 Å². The average Bonchev–Trinajstić information content (AvgIpc) is 2.57. The van der Waals surface area contributed by atoms with Crippen molar-refractivity contribution in [3.63, 3.8) is 0 Å². The number of nitrogens with zero attached hydrogens (tertiary/aromatic N) is 2. The molecule has 1 saturated heterocycles. The molecule has 1 fully saturated rings. The van der Waals surface area contributed by atoms with Crippen molar-refractivity contribution in [2.75, 3.05) is 26.2 Å². The Bertz CT molecular complexity index is 530. The largest absolute Gasteiger partial charge is 0.480 e. The van der Waals surface area contributed by atoms with E-state index in [0.717, 1.165) is 50.9 Å². The molecule has 1 aromatic rings. The van der Waals surface area contributed by atoms with Crippen LogP contribution >= 0.6 is 0 Å². The molecule has 0 bridgehead atoms. The number of benzene rings is 1. The molecule has 2 rings (SSSR count). The maximum atomic E-state index is 13.2. The summed E-state index contributed by atoms with van der Waals surface area (Å²) in [6.07, 6.45) is 3.94. The van der Waals surface area contributed by atoms with Crippen molar-refractivity contribution in [1.29, 1.82) is 0 Å². The number of likely N-dealkylation sites (tertiary alicyclic amines) is 1. The summed E-state index contributed by atoms with van der Waals surface area (Å²) in [7, 11) is 0. The van der Waals surface area contributed by atoms with Gasteiger partial charge in [-0.1, -0.05) is 19.1 Å². The quantitative estimate of drug-likeness (QED) is 0.792. The Hall–Kier alpha value is -1.46. The fourth-order valence-corrected chi connectivity index (χ4v) is 3.62. The van der Waals surface area contributed by atoms with E-state index < -0.39 is 5.97 Å². The second-order valence-corrected chi connectivity index (χ2v) is 6.74. The molecule has 0 aliphatic carbocycles. The number of hydrogen-bond acceptors (Lipinski definition) is 3. The van der Waals surface area contributed by atoms with Crippen LogP contribution in [0.15, 0.2) is 24.3 Å². The SMILES string of the molecule is CCN(CC(=O)O)C1CCN(C(C)CCc2cccc(F)c2)CC1. The molecule has 1 aliphatic rings. The summed E-state index contributed by atoms with van der Waals surface area (Å²) >= 11 is 0. The lowest BCUT2D eigenvalue weighted by atomic mass is 9.99. The molecule has 5 heteroatoms. The zero-order valence-corrected chi connectivity index (χ0v) is 14.7. The predicted octanol–water partition coefficient (Wildman–Crippen LogP) is 3.02. The molecule has 134 valence electrons. The van der Waals surface area contributed by atoms with E-state index in [2.05, 4.69) is 16.7 Å². The molecule has 0 saturated carbocycles. The van der Waals surface area contributed by atoms with Gasteiger partial charge in [-0.05, 0) is 69.9 Å². The van der Waals surface area contributed by atoms with Gasteiger partial charge < -0.3 is 10.0 Å². The van der Waals surface area contributed by atoms with E-state index in [0.29, 0.717) is 12.1 Å². The van der Waals surface area contributed by atoms with E-state index in [-0.39, 0.29) is 12.4 Å². The standard InChI is InChI=1S/C19H29FN2O2/c1-3-21(14-19(23)24)18-9-11-22(12-10-18)15(2)7-8-16-5-4-6-17(20)13-16/h4-6,13,15,18H,3,7-12,14H2,1-2H3,(H,23,24). The van der Waals surface area contributed by atoms with Gasteiger partial charge in [0.25, 0.3) is 0 Å². The van der Waals surface area contributed by atoms with Crippen molar-refractivity contribution < 1.29 is 14.3 Å². The van der Waals surface area contributed by atoms with Crippen LogP contribution in [0.3, 0.4) is 0 Å². The smallest absolute Gasteiger partial charge is 0.317 e. The molecule has 1 heterocycles. The molecule has 24 heavy (non-hydrogen) atoms. The number of carboxylic acid groups (broad SMARTS) is 1. The van der Waals surface area contributed by atoms with Crippen LogP contribution in [0.1, 0.15) is 38.7 Å². The molecule has 1 atom stereocenters. The molecule has 1 aromatic carbocycles. The maximum Gasteiger partial charge on any atom is 0.317 e. The summed E-state index contributed by atoms with van der Waals surface area (Å²) in [5.41, 5.74) is 1.05. The Labute approximate surface area is 144 Å². The highest BCUT2D eigenvalue weighted by atomic mass is 19.1. The first-order valence-corrected chi connectivity index (χ1v) is 8.94. The van der Waals surface area contributed by atoms with Crippen molar-refractivity contribution in [1.82, 2.24) is 9.80 Å². The highest BCUT2D eigenvalue weighted by Gasteiger charge is 2.26. The first kappa shape index (κ1) is 18.9. The summed E-state index contributed by atoms with van der Waals surface area (Å²) in [6, 6.07) is 7.68. The highest BCUT2D eigenvalue weighted by Crippen LogP contribution is 2.20. The predicted molar refractivity (Wildman–Crippen MR) is 93.7 cm³/mol. The average molecular weight is 336 g/mol. The molecule has 1 unspecified atom stereocenters. The zero-order chi connectivity index (χ0) is 17.5. The van der Waals surface area contributed by atoms with E-state index in [1.54, 1.807) is 12.1 Å². The van der Waals surface area contributed by atoms with Gasteiger partial charge in [-0.2, -0.15) is 0 Å². The van der Waals surface area contributed by atoms with Crippen LogP contribution in [0.5, 0.6) is 0 Å². The van der Waals surface area contributed by atoms with Crippen LogP contribution < -0.4 is 0 Å². The molecule has 1 N–H and O–H groups in total. The second kappa shape index (κ2) is 9.14. The summed E-state index contributed by atoms with van der Waals surface area (Å²) in [5, 5.41) is 9.00. The Kier molecular flexibility index (Phi) is 7.18. The Balaban J connectivity index is 1.77. The van der Waals surface area contributed by atoms with Crippen molar-refractivity contribution in [2.24, 2.45) is 0 Å². The van der Waals surface area contributed by atoms with Crippen LogP contribution in [-0.2, 0) is 11.2 Å². The number of carbonyl (C=O) groups is 1. The van der Waals surface area contributed by atoms with Crippen molar-refractivity contribution >= 4 is 5.97 Å². The fourth-order valence-electron chi connectivity index (χ4n) is 3.62. The molecule has 0 aromatic heterocycles. The number of likely N-dealkylation sites (N-methyl/N-ethyl adjacent to an activating group) is 1. The van der Waals surface area contributed by atoms with Crippen LogP contribution in [0.25, 0.3) is 0 Å². The summed E-state index contributed by atoms with van der Waals surface area (Å²) in [6.45, 7) is 7.18. The molecule has 4 nitrogen and oxygen atoms in total. The molecule has 0 radical (unpaired) electrons. The Morgan fingerprint density at radius 3 is 2.71 bits per heavy atom. The Morgan fingerprint density at radius 2 is 2.12 bits per heavy atom. The minimum Gasteiger partial charge on any atom is -0.480 e. The van der Waals surface area contributed by atoms with Crippen molar-refractivity contribution in [3.8, 4) is 0 Å².